The summed E-state index contributed by atoms with van der Waals surface area (Å²) in [6.45, 7) is 6.20. The van der Waals surface area contributed by atoms with Gasteiger partial charge < -0.3 is 5.73 Å². The fraction of sp³-hybridized carbons (Fsp3) is 0.333. The topological polar surface area (TPSA) is 77.6 Å². The summed E-state index contributed by atoms with van der Waals surface area (Å²) in [4.78, 5) is 11.3. The molecule has 2 N–H and O–H groups in total. The van der Waals surface area contributed by atoms with E-state index in [4.69, 9.17) is 5.73 Å². The van der Waals surface area contributed by atoms with Gasteiger partial charge in [0, 0.05) is 4.88 Å². The van der Waals surface area contributed by atoms with E-state index in [1.54, 1.807) is 28.6 Å². The number of hydrogen-bond donors (Lipinski definition) is 1. The first-order valence-corrected chi connectivity index (χ1v) is 8.59. The first-order valence-electron chi connectivity index (χ1n) is 6.02. The molecule has 0 saturated heterocycles. The zero-order valence-corrected chi connectivity index (χ0v) is 13.7. The van der Waals surface area contributed by atoms with Gasteiger partial charge in [0.15, 0.2) is 4.34 Å². The molecule has 0 amide bonds. The van der Waals surface area contributed by atoms with Crippen molar-refractivity contribution in [2.24, 2.45) is 0 Å². The molecule has 104 valence electrons. The molecular formula is C12H13N5S3. The third-order valence-electron chi connectivity index (χ3n) is 3.06. The lowest BCUT2D eigenvalue weighted by Crippen LogP contribution is -2.02. The van der Waals surface area contributed by atoms with Gasteiger partial charge in [0.2, 0.25) is 0 Å². The molecule has 0 aromatic carbocycles. The predicted molar refractivity (Wildman–Crippen MR) is 85.5 cm³/mol. The highest BCUT2D eigenvalue weighted by Crippen LogP contribution is 2.37. The van der Waals surface area contributed by atoms with Crippen LogP contribution in [-0.4, -0.2) is 20.2 Å². The van der Waals surface area contributed by atoms with Gasteiger partial charge in [-0.15, -0.1) is 21.5 Å². The lowest BCUT2D eigenvalue weighted by atomic mass is 10.2. The predicted octanol–water partition coefficient (Wildman–Crippen LogP) is 3.60. The van der Waals surface area contributed by atoms with Gasteiger partial charge >= 0.3 is 0 Å². The van der Waals surface area contributed by atoms with Crippen molar-refractivity contribution in [3.05, 3.63) is 21.8 Å². The Bertz CT molecular complexity index is 750. The van der Waals surface area contributed by atoms with Crippen molar-refractivity contribution in [3.8, 4) is 0 Å². The molecule has 1 atom stereocenters. The van der Waals surface area contributed by atoms with Crippen molar-refractivity contribution >= 4 is 50.5 Å². The van der Waals surface area contributed by atoms with Crippen molar-refractivity contribution < 1.29 is 0 Å². The Morgan fingerprint density at radius 2 is 2.10 bits per heavy atom. The van der Waals surface area contributed by atoms with Crippen LogP contribution in [0, 0.1) is 13.8 Å². The first-order chi connectivity index (χ1) is 9.56. The lowest BCUT2D eigenvalue weighted by Gasteiger charge is -2.08. The average Bonchev–Trinajstić information content (AvgIpc) is 2.99. The normalized spacial score (nSPS) is 12.9. The van der Waals surface area contributed by atoms with Crippen molar-refractivity contribution in [2.45, 2.75) is 30.4 Å². The minimum atomic E-state index is 0.0948. The van der Waals surface area contributed by atoms with E-state index in [0.717, 1.165) is 20.4 Å². The molecule has 0 aliphatic heterocycles. The number of nitrogens with two attached hydrogens (primary N) is 1. The van der Waals surface area contributed by atoms with Crippen LogP contribution in [0.4, 0.5) is 5.82 Å². The average molecular weight is 323 g/mol. The summed E-state index contributed by atoms with van der Waals surface area (Å²) < 4.78 is 0.915. The Kier molecular flexibility index (Phi) is 3.61. The van der Waals surface area contributed by atoms with Crippen LogP contribution >= 0.6 is 34.4 Å². The molecule has 0 saturated carbocycles. The first kappa shape index (κ1) is 13.7. The Hall–Kier alpha value is -1.25. The van der Waals surface area contributed by atoms with Gasteiger partial charge in [0.25, 0.3) is 0 Å². The molecule has 0 spiro atoms. The minimum Gasteiger partial charge on any atom is -0.383 e. The molecule has 0 radical (unpaired) electrons. The Labute approximate surface area is 128 Å². The number of aromatic nitrogens is 4. The minimum absolute atomic E-state index is 0.0948. The van der Waals surface area contributed by atoms with E-state index in [9.17, 15) is 0 Å². The monoisotopic (exact) mass is 323 g/mol. The Morgan fingerprint density at radius 1 is 1.30 bits per heavy atom. The van der Waals surface area contributed by atoms with Crippen LogP contribution in [0.3, 0.4) is 0 Å². The highest BCUT2D eigenvalue weighted by Gasteiger charge is 2.17. The summed E-state index contributed by atoms with van der Waals surface area (Å²) in [6.07, 6.45) is 0. The fourth-order valence-corrected chi connectivity index (χ4v) is 4.61. The summed E-state index contributed by atoms with van der Waals surface area (Å²) in [5.41, 5.74) is 9.00. The molecule has 0 aliphatic rings. The molecular weight excluding hydrogens is 310 g/mol. The molecule has 5 nitrogen and oxygen atoms in total. The molecule has 3 aromatic rings. The van der Waals surface area contributed by atoms with Gasteiger partial charge in [-0.25, -0.2) is 9.97 Å². The highest BCUT2D eigenvalue weighted by molar-refractivity contribution is 8.01. The van der Waals surface area contributed by atoms with Crippen molar-refractivity contribution in [1.29, 1.82) is 0 Å². The second-order valence-corrected chi connectivity index (χ2v) is 8.02. The largest absolute Gasteiger partial charge is 0.383 e. The van der Waals surface area contributed by atoms with Crippen LogP contribution in [0.25, 0.3) is 10.2 Å². The van der Waals surface area contributed by atoms with Crippen LogP contribution in [0.15, 0.2) is 9.85 Å². The smallest absolute Gasteiger partial charge is 0.174 e. The van der Waals surface area contributed by atoms with E-state index < -0.39 is 0 Å². The number of nitrogen functional groups attached to an aromatic ring is 1. The van der Waals surface area contributed by atoms with Gasteiger partial charge in [-0.2, -0.15) is 0 Å². The molecule has 3 rings (SSSR count). The van der Waals surface area contributed by atoms with E-state index in [-0.39, 0.29) is 5.25 Å². The number of fused-ring (bicyclic) bond motifs is 1. The number of hydrogen-bond acceptors (Lipinski definition) is 8. The van der Waals surface area contributed by atoms with E-state index in [1.807, 2.05) is 0 Å². The number of nitrogens with zero attached hydrogens (tertiary/aromatic N) is 4. The third kappa shape index (κ3) is 2.38. The number of rotatable bonds is 3. The maximum atomic E-state index is 6.10. The molecule has 3 heterocycles. The van der Waals surface area contributed by atoms with Crippen LogP contribution in [0.1, 0.15) is 28.4 Å². The third-order valence-corrected chi connectivity index (χ3v) is 6.06. The summed E-state index contributed by atoms with van der Waals surface area (Å²) in [5.74, 6) is 1.31. The molecule has 0 unspecified atom stereocenters. The summed E-state index contributed by atoms with van der Waals surface area (Å²) in [6, 6.07) is 0. The second kappa shape index (κ2) is 5.27. The van der Waals surface area contributed by atoms with Crippen molar-refractivity contribution in [1.82, 2.24) is 20.2 Å². The highest BCUT2D eigenvalue weighted by atomic mass is 32.2. The van der Waals surface area contributed by atoms with Crippen LogP contribution in [-0.2, 0) is 0 Å². The summed E-state index contributed by atoms with van der Waals surface area (Å²) >= 11 is 4.78. The zero-order valence-electron chi connectivity index (χ0n) is 11.2. The number of aryl methyl sites for hydroxylation is 2. The quantitative estimate of drug-likeness (QED) is 0.742. The maximum absolute atomic E-state index is 6.10. The number of thiophene rings is 1. The van der Waals surface area contributed by atoms with Crippen LogP contribution in [0.2, 0.25) is 0 Å². The summed E-state index contributed by atoms with van der Waals surface area (Å²) in [7, 11) is 0. The SMILES string of the molecule is Cc1sc2nc([C@@H](C)Sc3nncs3)nc(N)c2c1C. The fourth-order valence-electron chi connectivity index (χ4n) is 1.90. The number of anilines is 1. The maximum Gasteiger partial charge on any atom is 0.174 e. The van der Waals surface area contributed by atoms with Gasteiger partial charge in [-0.05, 0) is 26.3 Å². The van der Waals surface area contributed by atoms with E-state index in [2.05, 4.69) is 40.9 Å². The molecule has 3 aromatic heterocycles. The van der Waals surface area contributed by atoms with E-state index >= 15 is 0 Å². The second-order valence-electron chi connectivity index (χ2n) is 4.40. The van der Waals surface area contributed by atoms with Gasteiger partial charge in [0.1, 0.15) is 22.0 Å². The molecule has 0 aliphatic carbocycles. The van der Waals surface area contributed by atoms with Crippen LogP contribution < -0.4 is 5.73 Å². The standard InChI is InChI=1S/C12H13N5S3/c1-5-6(2)19-11-8(5)9(13)15-10(16-11)7(3)20-12-17-14-4-18-12/h4,7H,1-3H3,(H2,13,15,16)/t7-/m1/s1. The Balaban J connectivity index is 2.00. The number of thioether (sulfide) groups is 1. The lowest BCUT2D eigenvalue weighted by molar-refractivity contribution is 0.935. The van der Waals surface area contributed by atoms with Crippen molar-refractivity contribution in [3.63, 3.8) is 0 Å². The molecule has 20 heavy (non-hydrogen) atoms. The zero-order chi connectivity index (χ0) is 14.3. The van der Waals surface area contributed by atoms with Gasteiger partial charge in [0.05, 0.1) is 10.6 Å². The van der Waals surface area contributed by atoms with E-state index in [1.165, 1.54) is 21.8 Å². The van der Waals surface area contributed by atoms with Gasteiger partial charge in [-0.1, -0.05) is 23.1 Å². The van der Waals surface area contributed by atoms with Crippen LogP contribution in [0.5, 0.6) is 0 Å². The Morgan fingerprint density at radius 3 is 2.80 bits per heavy atom. The molecule has 0 fully saturated rings. The van der Waals surface area contributed by atoms with Gasteiger partial charge in [-0.3, -0.25) is 0 Å². The molecule has 8 heteroatoms. The van der Waals surface area contributed by atoms with Crippen molar-refractivity contribution in [2.75, 3.05) is 5.73 Å². The molecule has 0 bridgehead atoms. The summed E-state index contributed by atoms with van der Waals surface area (Å²) in [5, 5.41) is 8.95. The van der Waals surface area contributed by atoms with E-state index in [0.29, 0.717) is 5.82 Å².